The number of nitrogens with one attached hydrogen (secondary N) is 1. The van der Waals surface area contributed by atoms with Crippen molar-refractivity contribution in [3.8, 4) is 6.07 Å². The quantitative estimate of drug-likeness (QED) is 0.885. The zero-order valence-corrected chi connectivity index (χ0v) is 13.9. The van der Waals surface area contributed by atoms with Gasteiger partial charge in [-0.25, -0.2) is 0 Å². The molecular formula is C17H23BrN2. The SMILES string of the molecule is CC(C)(CNC1CCC(C#N)CC1)c1ccc(Br)cc1. The van der Waals surface area contributed by atoms with Gasteiger partial charge >= 0.3 is 0 Å². The van der Waals surface area contributed by atoms with Crippen LogP contribution in [0.2, 0.25) is 0 Å². The highest BCUT2D eigenvalue weighted by molar-refractivity contribution is 9.10. The summed E-state index contributed by atoms with van der Waals surface area (Å²) in [6, 6.07) is 11.6. The fourth-order valence-corrected chi connectivity index (χ4v) is 3.09. The average molecular weight is 335 g/mol. The van der Waals surface area contributed by atoms with Crippen molar-refractivity contribution in [2.75, 3.05) is 6.54 Å². The highest BCUT2D eigenvalue weighted by Gasteiger charge is 2.25. The third-order valence-electron chi connectivity index (χ3n) is 4.37. The van der Waals surface area contributed by atoms with E-state index in [1.807, 2.05) is 0 Å². The summed E-state index contributed by atoms with van der Waals surface area (Å²) in [5.74, 6) is 0.285. The zero-order valence-electron chi connectivity index (χ0n) is 12.3. The molecule has 1 N–H and O–H groups in total. The van der Waals surface area contributed by atoms with Crippen molar-refractivity contribution < 1.29 is 0 Å². The molecule has 0 unspecified atom stereocenters. The Morgan fingerprint density at radius 3 is 2.35 bits per heavy atom. The molecule has 1 saturated carbocycles. The van der Waals surface area contributed by atoms with Crippen molar-refractivity contribution >= 4 is 15.9 Å². The summed E-state index contributed by atoms with van der Waals surface area (Å²) in [6.45, 7) is 5.55. The molecule has 1 aliphatic carbocycles. The fraction of sp³-hybridized carbons (Fsp3) is 0.588. The van der Waals surface area contributed by atoms with Gasteiger partial charge in [0.25, 0.3) is 0 Å². The van der Waals surface area contributed by atoms with Crippen LogP contribution in [0, 0.1) is 17.2 Å². The topological polar surface area (TPSA) is 35.8 Å². The largest absolute Gasteiger partial charge is 0.313 e. The number of hydrogen-bond donors (Lipinski definition) is 1. The Morgan fingerprint density at radius 2 is 1.80 bits per heavy atom. The molecule has 0 amide bonds. The van der Waals surface area contributed by atoms with Gasteiger partial charge < -0.3 is 5.32 Å². The molecule has 0 aromatic heterocycles. The summed E-state index contributed by atoms with van der Waals surface area (Å²) in [5.41, 5.74) is 1.49. The Labute approximate surface area is 130 Å². The van der Waals surface area contributed by atoms with Gasteiger partial charge in [0, 0.05) is 28.4 Å². The van der Waals surface area contributed by atoms with Crippen LogP contribution in [0.1, 0.15) is 45.1 Å². The minimum absolute atomic E-state index is 0.132. The minimum Gasteiger partial charge on any atom is -0.313 e. The predicted molar refractivity (Wildman–Crippen MR) is 86.5 cm³/mol. The molecule has 1 fully saturated rings. The number of nitriles is 1. The maximum absolute atomic E-state index is 8.93. The first-order valence-electron chi connectivity index (χ1n) is 7.40. The van der Waals surface area contributed by atoms with Crippen molar-refractivity contribution in [2.45, 2.75) is 51.0 Å². The molecule has 0 spiro atoms. The molecule has 2 nitrogen and oxygen atoms in total. The van der Waals surface area contributed by atoms with Crippen LogP contribution in [0.25, 0.3) is 0 Å². The van der Waals surface area contributed by atoms with Crippen molar-refractivity contribution in [3.05, 3.63) is 34.3 Å². The molecule has 0 radical (unpaired) electrons. The van der Waals surface area contributed by atoms with E-state index >= 15 is 0 Å². The lowest BCUT2D eigenvalue weighted by molar-refractivity contribution is 0.311. The van der Waals surface area contributed by atoms with Crippen LogP contribution in [-0.4, -0.2) is 12.6 Å². The highest BCUT2D eigenvalue weighted by atomic mass is 79.9. The molecule has 2 rings (SSSR count). The smallest absolute Gasteiger partial charge is 0.0655 e. The van der Waals surface area contributed by atoms with Crippen LogP contribution in [0.5, 0.6) is 0 Å². The summed E-state index contributed by atoms with van der Waals surface area (Å²) >= 11 is 3.48. The lowest BCUT2D eigenvalue weighted by atomic mass is 9.83. The monoisotopic (exact) mass is 334 g/mol. The number of benzene rings is 1. The molecule has 0 aliphatic heterocycles. The lowest BCUT2D eigenvalue weighted by Gasteiger charge is -2.31. The number of hydrogen-bond acceptors (Lipinski definition) is 2. The van der Waals surface area contributed by atoms with E-state index in [-0.39, 0.29) is 11.3 Å². The van der Waals surface area contributed by atoms with E-state index < -0.39 is 0 Å². The summed E-state index contributed by atoms with van der Waals surface area (Å²) in [4.78, 5) is 0. The van der Waals surface area contributed by atoms with Crippen LogP contribution in [-0.2, 0) is 5.41 Å². The van der Waals surface area contributed by atoms with Gasteiger partial charge in [0.15, 0.2) is 0 Å². The molecule has 0 heterocycles. The Morgan fingerprint density at radius 1 is 1.20 bits per heavy atom. The Bertz CT molecular complexity index is 465. The Hall–Kier alpha value is -0.850. The molecular weight excluding hydrogens is 312 g/mol. The predicted octanol–water partition coefficient (Wildman–Crippen LogP) is 4.40. The summed E-state index contributed by atoms with van der Waals surface area (Å²) < 4.78 is 1.12. The van der Waals surface area contributed by atoms with Gasteiger partial charge in [-0.15, -0.1) is 0 Å². The number of halogens is 1. The van der Waals surface area contributed by atoms with Crippen molar-refractivity contribution in [1.82, 2.24) is 5.32 Å². The average Bonchev–Trinajstić information content (AvgIpc) is 2.46. The molecule has 0 atom stereocenters. The third kappa shape index (κ3) is 4.07. The summed E-state index contributed by atoms with van der Waals surface area (Å²) in [6.07, 6.45) is 4.36. The van der Waals surface area contributed by atoms with Crippen LogP contribution >= 0.6 is 15.9 Å². The fourth-order valence-electron chi connectivity index (χ4n) is 2.83. The first-order valence-corrected chi connectivity index (χ1v) is 8.19. The first kappa shape index (κ1) is 15.5. The van der Waals surface area contributed by atoms with Crippen LogP contribution in [0.4, 0.5) is 0 Å². The van der Waals surface area contributed by atoms with Gasteiger partial charge in [0.2, 0.25) is 0 Å². The molecule has 0 saturated heterocycles. The van der Waals surface area contributed by atoms with Gasteiger partial charge in [0.05, 0.1) is 6.07 Å². The van der Waals surface area contributed by atoms with Crippen molar-refractivity contribution in [2.24, 2.45) is 5.92 Å². The second-order valence-electron chi connectivity index (χ2n) is 6.45. The Kier molecular flexibility index (Phi) is 5.23. The van der Waals surface area contributed by atoms with Crippen molar-refractivity contribution in [1.29, 1.82) is 5.26 Å². The lowest BCUT2D eigenvalue weighted by Crippen LogP contribution is -2.40. The van der Waals surface area contributed by atoms with E-state index in [1.165, 1.54) is 5.56 Å². The normalized spacial score (nSPS) is 23.3. The molecule has 3 heteroatoms. The number of nitrogens with zero attached hydrogens (tertiary/aromatic N) is 1. The molecule has 108 valence electrons. The van der Waals surface area contributed by atoms with Gasteiger partial charge in [-0.1, -0.05) is 41.9 Å². The summed E-state index contributed by atoms with van der Waals surface area (Å²) in [7, 11) is 0. The van der Waals surface area contributed by atoms with E-state index in [2.05, 4.69) is 65.4 Å². The van der Waals surface area contributed by atoms with Crippen molar-refractivity contribution in [3.63, 3.8) is 0 Å². The van der Waals surface area contributed by atoms with Crippen LogP contribution < -0.4 is 5.32 Å². The van der Waals surface area contributed by atoms with E-state index in [0.717, 1.165) is 36.7 Å². The standard InChI is InChI=1S/C17H23BrN2/c1-17(2,14-5-7-15(18)8-6-14)12-20-16-9-3-13(11-19)4-10-16/h5-8,13,16,20H,3-4,9-10,12H2,1-2H3. The number of rotatable bonds is 4. The summed E-state index contributed by atoms with van der Waals surface area (Å²) in [5, 5.41) is 12.6. The second-order valence-corrected chi connectivity index (χ2v) is 7.36. The maximum Gasteiger partial charge on any atom is 0.0655 e. The van der Waals surface area contributed by atoms with Gasteiger partial charge in [-0.2, -0.15) is 5.26 Å². The van der Waals surface area contributed by atoms with E-state index in [1.54, 1.807) is 0 Å². The minimum atomic E-state index is 0.132. The van der Waals surface area contributed by atoms with Gasteiger partial charge in [-0.3, -0.25) is 0 Å². The van der Waals surface area contributed by atoms with Crippen LogP contribution in [0.15, 0.2) is 28.7 Å². The van der Waals surface area contributed by atoms with E-state index in [4.69, 9.17) is 5.26 Å². The Balaban J connectivity index is 1.87. The highest BCUT2D eigenvalue weighted by Crippen LogP contribution is 2.27. The molecule has 0 bridgehead atoms. The molecule has 1 aromatic rings. The van der Waals surface area contributed by atoms with Gasteiger partial charge in [0.1, 0.15) is 0 Å². The van der Waals surface area contributed by atoms with Gasteiger partial charge in [-0.05, 0) is 43.4 Å². The van der Waals surface area contributed by atoms with E-state index in [9.17, 15) is 0 Å². The molecule has 1 aliphatic rings. The third-order valence-corrected chi connectivity index (χ3v) is 4.90. The van der Waals surface area contributed by atoms with E-state index in [0.29, 0.717) is 6.04 Å². The second kappa shape index (κ2) is 6.74. The molecule has 1 aromatic carbocycles. The molecule has 20 heavy (non-hydrogen) atoms. The first-order chi connectivity index (χ1) is 9.51. The zero-order chi connectivity index (χ0) is 14.6. The maximum atomic E-state index is 8.93. The van der Waals surface area contributed by atoms with Crippen LogP contribution in [0.3, 0.4) is 0 Å².